The number of methoxy groups -OCH3 is 1. The van der Waals surface area contributed by atoms with Crippen molar-refractivity contribution in [2.24, 2.45) is 5.73 Å². The first-order chi connectivity index (χ1) is 7.47. The molecule has 1 unspecified atom stereocenters. The zero-order chi connectivity index (χ0) is 11.9. The number of benzene rings is 1. The van der Waals surface area contributed by atoms with E-state index in [1.807, 2.05) is 6.07 Å². The number of ether oxygens (including phenoxy) is 1. The molecule has 0 fully saturated rings. The van der Waals surface area contributed by atoms with Gasteiger partial charge in [0, 0.05) is 22.1 Å². The molecule has 1 aromatic rings. The van der Waals surface area contributed by atoms with E-state index in [2.05, 4.69) is 13.8 Å². The Morgan fingerprint density at radius 3 is 2.81 bits per heavy atom. The smallest absolute Gasteiger partial charge is 0.169 e. The molecule has 2 rings (SSSR count). The fourth-order valence-electron chi connectivity index (χ4n) is 1.93. The Morgan fingerprint density at radius 2 is 2.19 bits per heavy atom. The van der Waals surface area contributed by atoms with Gasteiger partial charge in [-0.05, 0) is 25.5 Å². The Labute approximate surface area is 99.4 Å². The SMILES string of the molecule is COc1ccc2c(c1F)CSC(C)(C)C2N. The first-order valence-corrected chi connectivity index (χ1v) is 6.20. The van der Waals surface area contributed by atoms with Gasteiger partial charge in [0.25, 0.3) is 0 Å². The quantitative estimate of drug-likeness (QED) is 0.821. The van der Waals surface area contributed by atoms with Crippen LogP contribution in [0.15, 0.2) is 12.1 Å². The normalized spacial score (nSPS) is 22.7. The lowest BCUT2D eigenvalue weighted by Gasteiger charge is -2.37. The predicted molar refractivity (Wildman–Crippen MR) is 65.3 cm³/mol. The summed E-state index contributed by atoms with van der Waals surface area (Å²) in [5.74, 6) is 0.684. The van der Waals surface area contributed by atoms with Gasteiger partial charge in [-0.3, -0.25) is 0 Å². The first-order valence-electron chi connectivity index (χ1n) is 5.22. The van der Waals surface area contributed by atoms with Crippen LogP contribution >= 0.6 is 11.8 Å². The molecule has 16 heavy (non-hydrogen) atoms. The summed E-state index contributed by atoms with van der Waals surface area (Å²) in [7, 11) is 1.48. The Hall–Kier alpha value is -0.740. The summed E-state index contributed by atoms with van der Waals surface area (Å²) in [6, 6.07) is 3.39. The molecule has 0 aromatic heterocycles. The van der Waals surface area contributed by atoms with Gasteiger partial charge in [0.1, 0.15) is 0 Å². The van der Waals surface area contributed by atoms with E-state index >= 15 is 0 Å². The van der Waals surface area contributed by atoms with Crippen LogP contribution in [-0.2, 0) is 5.75 Å². The summed E-state index contributed by atoms with van der Waals surface area (Å²) in [6.45, 7) is 4.18. The standard InChI is InChI=1S/C12H16FNOS/c1-12(2)11(14)7-4-5-9(15-3)10(13)8(7)6-16-12/h4-5,11H,6,14H2,1-3H3. The van der Waals surface area contributed by atoms with Crippen LogP contribution < -0.4 is 10.5 Å². The summed E-state index contributed by atoms with van der Waals surface area (Å²) in [4.78, 5) is 0. The third-order valence-electron chi connectivity index (χ3n) is 3.14. The first kappa shape index (κ1) is 11.7. The van der Waals surface area contributed by atoms with Gasteiger partial charge in [-0.2, -0.15) is 0 Å². The Morgan fingerprint density at radius 1 is 1.50 bits per heavy atom. The molecule has 0 radical (unpaired) electrons. The molecule has 1 aromatic carbocycles. The molecule has 1 atom stereocenters. The molecule has 0 spiro atoms. The number of rotatable bonds is 1. The fourth-order valence-corrected chi connectivity index (χ4v) is 3.05. The monoisotopic (exact) mass is 241 g/mol. The van der Waals surface area contributed by atoms with Gasteiger partial charge < -0.3 is 10.5 Å². The van der Waals surface area contributed by atoms with Crippen molar-refractivity contribution in [1.82, 2.24) is 0 Å². The lowest BCUT2D eigenvalue weighted by Crippen LogP contribution is -2.36. The highest BCUT2D eigenvalue weighted by Gasteiger charge is 2.35. The molecule has 1 aliphatic rings. The van der Waals surface area contributed by atoms with E-state index in [1.165, 1.54) is 7.11 Å². The summed E-state index contributed by atoms with van der Waals surface area (Å²) in [5, 5.41) is 0. The summed E-state index contributed by atoms with van der Waals surface area (Å²) in [5.41, 5.74) is 7.75. The van der Waals surface area contributed by atoms with E-state index in [4.69, 9.17) is 10.5 Å². The number of hydrogen-bond acceptors (Lipinski definition) is 3. The summed E-state index contributed by atoms with van der Waals surface area (Å²) < 4.78 is 18.9. The number of nitrogens with two attached hydrogens (primary N) is 1. The molecule has 4 heteroatoms. The third kappa shape index (κ3) is 1.70. The Bertz CT molecular complexity index is 420. The highest BCUT2D eigenvalue weighted by molar-refractivity contribution is 8.00. The highest BCUT2D eigenvalue weighted by Crippen LogP contribution is 2.46. The molecule has 1 aliphatic heterocycles. The van der Waals surface area contributed by atoms with Crippen LogP contribution in [0.1, 0.15) is 31.0 Å². The molecule has 0 saturated heterocycles. The van der Waals surface area contributed by atoms with E-state index in [0.717, 1.165) is 5.56 Å². The van der Waals surface area contributed by atoms with Gasteiger partial charge >= 0.3 is 0 Å². The molecule has 0 saturated carbocycles. The molecular weight excluding hydrogens is 225 g/mol. The van der Waals surface area contributed by atoms with Crippen LogP contribution in [-0.4, -0.2) is 11.9 Å². The summed E-state index contributed by atoms with van der Waals surface area (Å²) in [6.07, 6.45) is 0. The van der Waals surface area contributed by atoms with Gasteiger partial charge in [0.2, 0.25) is 0 Å². The van der Waals surface area contributed by atoms with Crippen molar-refractivity contribution in [2.75, 3.05) is 7.11 Å². The lowest BCUT2D eigenvalue weighted by molar-refractivity contribution is 0.383. The largest absolute Gasteiger partial charge is 0.494 e. The third-order valence-corrected chi connectivity index (χ3v) is 4.57. The zero-order valence-corrected chi connectivity index (χ0v) is 10.5. The molecule has 0 amide bonds. The van der Waals surface area contributed by atoms with Crippen LogP contribution in [0.3, 0.4) is 0 Å². The molecule has 2 nitrogen and oxygen atoms in total. The molecule has 2 N–H and O–H groups in total. The number of fused-ring (bicyclic) bond motifs is 1. The van der Waals surface area contributed by atoms with Crippen molar-refractivity contribution in [2.45, 2.75) is 30.4 Å². The lowest BCUT2D eigenvalue weighted by atomic mass is 9.91. The van der Waals surface area contributed by atoms with Gasteiger partial charge in [-0.15, -0.1) is 11.8 Å². The second-order valence-electron chi connectivity index (χ2n) is 4.52. The van der Waals surface area contributed by atoms with Crippen molar-refractivity contribution in [3.63, 3.8) is 0 Å². The molecular formula is C12H16FNOS. The van der Waals surface area contributed by atoms with E-state index in [1.54, 1.807) is 17.8 Å². The molecule has 0 aliphatic carbocycles. The van der Waals surface area contributed by atoms with Crippen molar-refractivity contribution in [3.8, 4) is 5.75 Å². The van der Waals surface area contributed by atoms with E-state index in [-0.39, 0.29) is 16.6 Å². The topological polar surface area (TPSA) is 35.2 Å². The van der Waals surface area contributed by atoms with Crippen LogP contribution in [0, 0.1) is 5.82 Å². The van der Waals surface area contributed by atoms with Gasteiger partial charge in [0.15, 0.2) is 11.6 Å². The van der Waals surface area contributed by atoms with Crippen LogP contribution in [0.4, 0.5) is 4.39 Å². The molecule has 0 bridgehead atoms. The Balaban J connectivity index is 2.52. The summed E-state index contributed by atoms with van der Waals surface area (Å²) >= 11 is 1.68. The van der Waals surface area contributed by atoms with Crippen molar-refractivity contribution in [1.29, 1.82) is 0 Å². The average Bonchev–Trinajstić information content (AvgIpc) is 2.24. The number of halogens is 1. The highest BCUT2D eigenvalue weighted by atomic mass is 32.2. The van der Waals surface area contributed by atoms with E-state index < -0.39 is 0 Å². The average molecular weight is 241 g/mol. The second kappa shape index (κ2) is 3.93. The van der Waals surface area contributed by atoms with Crippen LogP contribution in [0.2, 0.25) is 0 Å². The van der Waals surface area contributed by atoms with Gasteiger partial charge in [0.05, 0.1) is 7.11 Å². The maximum Gasteiger partial charge on any atom is 0.169 e. The molecule has 1 heterocycles. The Kier molecular flexibility index (Phi) is 2.88. The van der Waals surface area contributed by atoms with Crippen LogP contribution in [0.25, 0.3) is 0 Å². The molecule has 88 valence electrons. The zero-order valence-electron chi connectivity index (χ0n) is 9.71. The van der Waals surface area contributed by atoms with E-state index in [9.17, 15) is 4.39 Å². The minimum atomic E-state index is -0.265. The van der Waals surface area contributed by atoms with Crippen LogP contribution in [0.5, 0.6) is 5.75 Å². The number of hydrogen-bond donors (Lipinski definition) is 1. The number of thioether (sulfide) groups is 1. The minimum Gasteiger partial charge on any atom is -0.494 e. The van der Waals surface area contributed by atoms with Crippen molar-refractivity contribution in [3.05, 3.63) is 29.1 Å². The fraction of sp³-hybridized carbons (Fsp3) is 0.500. The second-order valence-corrected chi connectivity index (χ2v) is 6.15. The minimum absolute atomic E-state index is 0.0476. The van der Waals surface area contributed by atoms with E-state index in [0.29, 0.717) is 17.1 Å². The van der Waals surface area contributed by atoms with Gasteiger partial charge in [-0.1, -0.05) is 6.07 Å². The van der Waals surface area contributed by atoms with Crippen molar-refractivity contribution >= 4 is 11.8 Å². The van der Waals surface area contributed by atoms with Gasteiger partial charge in [-0.25, -0.2) is 4.39 Å². The van der Waals surface area contributed by atoms with Crippen molar-refractivity contribution < 1.29 is 9.13 Å². The maximum atomic E-state index is 14.0. The maximum absolute atomic E-state index is 14.0. The predicted octanol–water partition coefficient (Wildman–Crippen LogP) is 2.86.